The first-order chi connectivity index (χ1) is 7.81. The molecule has 0 atom stereocenters. The first-order valence-corrected chi connectivity index (χ1v) is 6.07. The molecule has 0 heterocycles. The third kappa shape index (κ3) is 3.60. The molecule has 0 spiro atoms. The summed E-state index contributed by atoms with van der Waals surface area (Å²) in [7, 11) is 0. The molecular weight excluding hydrogens is 194 g/mol. The number of hydrogen-bond donors (Lipinski definition) is 0. The second-order valence-corrected chi connectivity index (χ2v) is 3.69. The van der Waals surface area contributed by atoms with E-state index in [-0.39, 0.29) is 0 Å². The lowest BCUT2D eigenvalue weighted by Crippen LogP contribution is -2.21. The van der Waals surface area contributed by atoms with E-state index in [4.69, 9.17) is 0 Å². The van der Waals surface area contributed by atoms with Crippen molar-refractivity contribution in [1.82, 2.24) is 0 Å². The van der Waals surface area contributed by atoms with Crippen LogP contribution in [-0.2, 0) is 0 Å². The average molecular weight is 215 g/mol. The molecule has 0 aliphatic rings. The van der Waals surface area contributed by atoms with E-state index >= 15 is 0 Å². The second-order valence-electron chi connectivity index (χ2n) is 3.69. The summed E-state index contributed by atoms with van der Waals surface area (Å²) in [6, 6.07) is 8.63. The lowest BCUT2D eigenvalue weighted by atomic mass is 10.2. The topological polar surface area (TPSA) is 3.24 Å². The molecule has 0 amide bonds. The van der Waals surface area contributed by atoms with Crippen LogP contribution in [0.3, 0.4) is 0 Å². The molecule has 0 aromatic heterocycles. The predicted octanol–water partition coefficient (Wildman–Crippen LogP) is 4.11. The first kappa shape index (κ1) is 12.6. The van der Waals surface area contributed by atoms with E-state index in [9.17, 15) is 0 Å². The molecule has 0 saturated heterocycles. The van der Waals surface area contributed by atoms with Crippen molar-refractivity contribution in [2.45, 2.75) is 27.2 Å². The SMILES string of the molecule is CCC=C=Cc1ccc(N(CC)CC)cc1. The molecule has 0 fully saturated rings. The number of hydrogen-bond acceptors (Lipinski definition) is 1. The molecule has 0 radical (unpaired) electrons. The quantitative estimate of drug-likeness (QED) is 0.668. The summed E-state index contributed by atoms with van der Waals surface area (Å²) in [4.78, 5) is 2.34. The van der Waals surface area contributed by atoms with Crippen LogP contribution < -0.4 is 4.90 Å². The van der Waals surface area contributed by atoms with Crippen LogP contribution in [-0.4, -0.2) is 13.1 Å². The summed E-state index contributed by atoms with van der Waals surface area (Å²) < 4.78 is 0. The van der Waals surface area contributed by atoms with Crippen molar-refractivity contribution >= 4 is 11.8 Å². The summed E-state index contributed by atoms with van der Waals surface area (Å²) >= 11 is 0. The van der Waals surface area contributed by atoms with Crippen molar-refractivity contribution in [3.8, 4) is 0 Å². The van der Waals surface area contributed by atoms with Crippen LogP contribution in [0.2, 0.25) is 0 Å². The lowest BCUT2D eigenvalue weighted by molar-refractivity contribution is 0.866. The number of allylic oxidation sites excluding steroid dienone is 1. The zero-order chi connectivity index (χ0) is 11.8. The van der Waals surface area contributed by atoms with Crippen molar-refractivity contribution in [3.63, 3.8) is 0 Å². The van der Waals surface area contributed by atoms with Crippen molar-refractivity contribution in [2.24, 2.45) is 0 Å². The molecule has 0 unspecified atom stereocenters. The standard InChI is InChI=1S/C15H21N/c1-4-7-8-9-14-10-12-15(13-11-14)16(5-2)6-3/h7,9-13H,4-6H2,1-3H3. The Hall–Kier alpha value is -1.46. The lowest BCUT2D eigenvalue weighted by Gasteiger charge is -2.20. The Morgan fingerprint density at radius 3 is 2.19 bits per heavy atom. The summed E-state index contributed by atoms with van der Waals surface area (Å²) in [5, 5.41) is 0. The third-order valence-electron chi connectivity index (χ3n) is 2.59. The van der Waals surface area contributed by atoms with Crippen LogP contribution in [0.4, 0.5) is 5.69 Å². The molecule has 0 bridgehead atoms. The van der Waals surface area contributed by atoms with Gasteiger partial charge in [-0.05, 0) is 50.1 Å². The molecule has 0 N–H and O–H groups in total. The van der Waals surface area contributed by atoms with Gasteiger partial charge in [-0.25, -0.2) is 0 Å². The van der Waals surface area contributed by atoms with E-state index in [1.165, 1.54) is 11.3 Å². The minimum atomic E-state index is 1.04. The smallest absolute Gasteiger partial charge is 0.0366 e. The monoisotopic (exact) mass is 215 g/mol. The molecule has 1 aromatic rings. The van der Waals surface area contributed by atoms with Crippen molar-refractivity contribution in [3.05, 3.63) is 41.6 Å². The van der Waals surface area contributed by atoms with E-state index < -0.39 is 0 Å². The Balaban J connectivity index is 2.78. The molecular formula is C15H21N. The number of benzene rings is 1. The predicted molar refractivity (Wildman–Crippen MR) is 72.8 cm³/mol. The summed E-state index contributed by atoms with van der Waals surface area (Å²) in [5.41, 5.74) is 5.67. The van der Waals surface area contributed by atoms with Gasteiger partial charge in [0.1, 0.15) is 0 Å². The number of rotatable bonds is 5. The van der Waals surface area contributed by atoms with Crippen LogP contribution in [0.15, 0.2) is 36.1 Å². The van der Waals surface area contributed by atoms with Gasteiger partial charge in [-0.15, -0.1) is 5.73 Å². The highest BCUT2D eigenvalue weighted by atomic mass is 15.1. The summed E-state index contributed by atoms with van der Waals surface area (Å²) in [6.07, 6.45) is 5.10. The van der Waals surface area contributed by atoms with Crippen molar-refractivity contribution in [1.29, 1.82) is 0 Å². The maximum Gasteiger partial charge on any atom is 0.0366 e. The van der Waals surface area contributed by atoms with Gasteiger partial charge in [0.25, 0.3) is 0 Å². The summed E-state index contributed by atoms with van der Waals surface area (Å²) in [6.45, 7) is 8.59. The molecule has 1 nitrogen and oxygen atoms in total. The zero-order valence-electron chi connectivity index (χ0n) is 10.5. The largest absolute Gasteiger partial charge is 0.372 e. The zero-order valence-corrected chi connectivity index (χ0v) is 10.5. The maximum absolute atomic E-state index is 3.16. The number of anilines is 1. The van der Waals surface area contributed by atoms with E-state index in [1.54, 1.807) is 0 Å². The van der Waals surface area contributed by atoms with Gasteiger partial charge >= 0.3 is 0 Å². The molecule has 0 aliphatic carbocycles. The van der Waals surface area contributed by atoms with Gasteiger partial charge in [-0.3, -0.25) is 0 Å². The van der Waals surface area contributed by atoms with Gasteiger partial charge < -0.3 is 4.90 Å². The fourth-order valence-electron chi connectivity index (χ4n) is 1.64. The second kappa shape index (κ2) is 6.92. The Kier molecular flexibility index (Phi) is 5.45. The van der Waals surface area contributed by atoms with Gasteiger partial charge in [-0.1, -0.05) is 19.1 Å². The molecule has 1 heteroatoms. The highest BCUT2D eigenvalue weighted by Crippen LogP contribution is 2.15. The molecule has 0 saturated carbocycles. The maximum atomic E-state index is 3.16. The van der Waals surface area contributed by atoms with Crippen LogP contribution in [0.5, 0.6) is 0 Å². The average Bonchev–Trinajstić information content (AvgIpc) is 2.33. The minimum Gasteiger partial charge on any atom is -0.372 e. The fourth-order valence-corrected chi connectivity index (χ4v) is 1.64. The van der Waals surface area contributed by atoms with Gasteiger partial charge in [0.05, 0.1) is 0 Å². The van der Waals surface area contributed by atoms with Gasteiger partial charge in [0.15, 0.2) is 0 Å². The minimum absolute atomic E-state index is 1.04. The van der Waals surface area contributed by atoms with Gasteiger partial charge in [-0.2, -0.15) is 0 Å². The first-order valence-electron chi connectivity index (χ1n) is 6.07. The fraction of sp³-hybridized carbons (Fsp3) is 0.400. The van der Waals surface area contributed by atoms with Crippen LogP contribution in [0, 0.1) is 0 Å². The van der Waals surface area contributed by atoms with E-state index in [2.05, 4.69) is 55.7 Å². The van der Waals surface area contributed by atoms with Crippen LogP contribution >= 0.6 is 0 Å². The van der Waals surface area contributed by atoms with Crippen LogP contribution in [0.25, 0.3) is 6.08 Å². The van der Waals surface area contributed by atoms with Gasteiger partial charge in [0.2, 0.25) is 0 Å². The van der Waals surface area contributed by atoms with Crippen LogP contribution in [0.1, 0.15) is 32.8 Å². The molecule has 0 aliphatic heterocycles. The molecule has 86 valence electrons. The Morgan fingerprint density at radius 2 is 1.69 bits per heavy atom. The third-order valence-corrected chi connectivity index (χ3v) is 2.59. The van der Waals surface area contributed by atoms with Gasteiger partial charge in [0, 0.05) is 18.8 Å². The number of nitrogens with zero attached hydrogens (tertiary/aromatic N) is 1. The highest BCUT2D eigenvalue weighted by molar-refractivity contribution is 5.55. The Bertz CT molecular complexity index is 352. The van der Waals surface area contributed by atoms with E-state index in [1.807, 2.05) is 12.2 Å². The normalized spacial score (nSPS) is 9.44. The Labute approximate surface area is 99.1 Å². The van der Waals surface area contributed by atoms with E-state index in [0.717, 1.165) is 19.5 Å². The Morgan fingerprint density at radius 1 is 1.06 bits per heavy atom. The highest BCUT2D eigenvalue weighted by Gasteiger charge is 1.99. The summed E-state index contributed by atoms with van der Waals surface area (Å²) in [5.74, 6) is 0. The van der Waals surface area contributed by atoms with E-state index in [0.29, 0.717) is 0 Å². The molecule has 1 rings (SSSR count). The van der Waals surface area contributed by atoms with Crippen molar-refractivity contribution < 1.29 is 0 Å². The molecule has 1 aromatic carbocycles. The molecule has 16 heavy (non-hydrogen) atoms. The van der Waals surface area contributed by atoms with Crippen molar-refractivity contribution in [2.75, 3.05) is 18.0 Å².